The quantitative estimate of drug-likeness (QED) is 0.735. The maximum Gasteiger partial charge on any atom is 0.0546 e. The lowest BCUT2D eigenvalue weighted by atomic mass is 9.71. The largest absolute Gasteiger partial charge is 0.393 e. The van der Waals surface area contributed by atoms with Gasteiger partial charge in [0.2, 0.25) is 0 Å². The molecule has 0 aromatic carbocycles. The molecule has 0 aromatic rings. The van der Waals surface area contributed by atoms with Gasteiger partial charge in [-0.1, -0.05) is 0 Å². The third kappa shape index (κ3) is 4.07. The second-order valence-electron chi connectivity index (χ2n) is 6.51. The van der Waals surface area contributed by atoms with E-state index in [1.807, 2.05) is 0 Å². The molecule has 1 aliphatic carbocycles. The third-order valence-corrected chi connectivity index (χ3v) is 7.51. The summed E-state index contributed by atoms with van der Waals surface area (Å²) in [5, 5.41) is 17.2. The summed E-state index contributed by atoms with van der Waals surface area (Å²) in [7, 11) is 0. The van der Waals surface area contributed by atoms with Gasteiger partial charge in [0.15, 0.2) is 0 Å². The normalized spacial score (nSPS) is 35.2. The molecule has 3 rings (SSSR count). The number of aliphatic hydroxyl groups is 1. The van der Waals surface area contributed by atoms with Crippen molar-refractivity contribution in [2.75, 3.05) is 36.1 Å². The molecule has 0 unspecified atom stereocenters. The number of nitrogens with one attached hydrogen (secondary N) is 2. The fourth-order valence-corrected chi connectivity index (χ4v) is 6.19. The van der Waals surface area contributed by atoms with Crippen LogP contribution >= 0.6 is 23.5 Å². The molecule has 3 fully saturated rings. The Kier molecular flexibility index (Phi) is 5.98. The van der Waals surface area contributed by atoms with Crippen molar-refractivity contribution in [3.05, 3.63) is 0 Å². The molecule has 2 heterocycles. The smallest absolute Gasteiger partial charge is 0.0546 e. The lowest BCUT2D eigenvalue weighted by molar-refractivity contribution is 0.00736. The maximum atomic E-state index is 9.67. The van der Waals surface area contributed by atoms with Crippen LogP contribution in [0.2, 0.25) is 0 Å². The Balaban J connectivity index is 1.58. The maximum absolute atomic E-state index is 9.67. The summed E-state index contributed by atoms with van der Waals surface area (Å²) in [4.78, 5) is 0. The average molecular weight is 317 g/mol. The van der Waals surface area contributed by atoms with E-state index in [-0.39, 0.29) is 6.10 Å². The highest BCUT2D eigenvalue weighted by Gasteiger charge is 2.39. The molecule has 3 N–H and O–H groups in total. The van der Waals surface area contributed by atoms with Gasteiger partial charge < -0.3 is 15.7 Å². The van der Waals surface area contributed by atoms with Gasteiger partial charge in [-0.2, -0.15) is 23.5 Å². The van der Waals surface area contributed by atoms with Gasteiger partial charge >= 0.3 is 0 Å². The second kappa shape index (κ2) is 7.73. The van der Waals surface area contributed by atoms with Crippen LogP contribution in [0.3, 0.4) is 0 Å². The van der Waals surface area contributed by atoms with Crippen LogP contribution in [-0.2, 0) is 0 Å². The van der Waals surface area contributed by atoms with Crippen LogP contribution in [0, 0.1) is 11.8 Å². The highest BCUT2D eigenvalue weighted by molar-refractivity contribution is 8.03. The molecule has 0 radical (unpaired) electrons. The average Bonchev–Trinajstić information content (AvgIpc) is 2.71. The minimum atomic E-state index is -0.0242. The molecule has 0 aromatic heterocycles. The molecule has 3 aliphatic rings. The minimum absolute atomic E-state index is 0.0242. The van der Waals surface area contributed by atoms with E-state index in [1.165, 1.54) is 48.9 Å². The highest BCUT2D eigenvalue weighted by Crippen LogP contribution is 2.36. The van der Waals surface area contributed by atoms with Gasteiger partial charge in [-0.3, -0.25) is 0 Å². The van der Waals surface area contributed by atoms with E-state index in [0.29, 0.717) is 18.0 Å². The Morgan fingerprint density at radius 2 is 1.65 bits per heavy atom. The summed E-state index contributed by atoms with van der Waals surface area (Å²) in [6.07, 6.45) is 4.63. The monoisotopic (exact) mass is 316 g/mol. The fraction of sp³-hybridized carbons (Fsp3) is 1.00. The van der Waals surface area contributed by atoms with Gasteiger partial charge in [0.05, 0.1) is 6.10 Å². The summed E-state index contributed by atoms with van der Waals surface area (Å²) >= 11 is 4.21. The molecule has 3 nitrogen and oxygen atoms in total. The molecule has 0 spiro atoms. The predicted molar refractivity (Wildman–Crippen MR) is 89.7 cm³/mol. The molecule has 1 atom stereocenters. The number of piperidine rings is 1. The van der Waals surface area contributed by atoms with Crippen molar-refractivity contribution in [1.29, 1.82) is 0 Å². The van der Waals surface area contributed by atoms with Gasteiger partial charge in [0, 0.05) is 35.1 Å². The van der Waals surface area contributed by atoms with Crippen molar-refractivity contribution in [3.8, 4) is 0 Å². The van der Waals surface area contributed by atoms with E-state index < -0.39 is 0 Å². The van der Waals surface area contributed by atoms with Gasteiger partial charge in [-0.15, -0.1) is 0 Å². The SMILES string of the molecule is OC1CC([C@@H](NC2CSCCSC2)C2CCNCC2)C1. The Morgan fingerprint density at radius 3 is 2.25 bits per heavy atom. The number of aliphatic hydroxyl groups excluding tert-OH is 1. The third-order valence-electron chi connectivity index (χ3n) is 4.99. The number of rotatable bonds is 4. The Hall–Kier alpha value is 0.580. The van der Waals surface area contributed by atoms with E-state index in [4.69, 9.17) is 0 Å². The molecule has 1 saturated carbocycles. The summed E-state index contributed by atoms with van der Waals surface area (Å²) in [5.41, 5.74) is 0. The summed E-state index contributed by atoms with van der Waals surface area (Å²) in [6.45, 7) is 2.35. The van der Waals surface area contributed by atoms with Crippen molar-refractivity contribution >= 4 is 23.5 Å². The van der Waals surface area contributed by atoms with E-state index >= 15 is 0 Å². The molecule has 0 bridgehead atoms. The Labute approximate surface area is 131 Å². The van der Waals surface area contributed by atoms with Crippen LogP contribution in [0.1, 0.15) is 25.7 Å². The van der Waals surface area contributed by atoms with E-state index in [2.05, 4.69) is 34.2 Å². The van der Waals surface area contributed by atoms with Crippen LogP contribution in [0.15, 0.2) is 0 Å². The molecular weight excluding hydrogens is 288 g/mol. The first kappa shape index (κ1) is 15.5. The number of thioether (sulfide) groups is 2. The zero-order chi connectivity index (χ0) is 13.8. The van der Waals surface area contributed by atoms with Gasteiger partial charge in [-0.25, -0.2) is 0 Å². The second-order valence-corrected chi connectivity index (χ2v) is 8.81. The lowest BCUT2D eigenvalue weighted by Crippen LogP contribution is -2.55. The van der Waals surface area contributed by atoms with Crippen molar-refractivity contribution < 1.29 is 5.11 Å². The van der Waals surface area contributed by atoms with Crippen molar-refractivity contribution in [2.24, 2.45) is 11.8 Å². The number of hydrogen-bond donors (Lipinski definition) is 3. The fourth-order valence-electron chi connectivity index (χ4n) is 3.77. The topological polar surface area (TPSA) is 44.3 Å². The van der Waals surface area contributed by atoms with Crippen molar-refractivity contribution in [2.45, 2.75) is 43.9 Å². The van der Waals surface area contributed by atoms with Gasteiger partial charge in [-0.05, 0) is 50.6 Å². The summed E-state index contributed by atoms with van der Waals surface area (Å²) in [5.74, 6) is 6.68. The molecular formula is C15H28N2OS2. The molecule has 2 aliphatic heterocycles. The molecule has 116 valence electrons. The minimum Gasteiger partial charge on any atom is -0.393 e. The summed E-state index contributed by atoms with van der Waals surface area (Å²) in [6, 6.07) is 1.31. The van der Waals surface area contributed by atoms with E-state index in [0.717, 1.165) is 18.8 Å². The van der Waals surface area contributed by atoms with Gasteiger partial charge in [0.25, 0.3) is 0 Å². The van der Waals surface area contributed by atoms with Crippen molar-refractivity contribution in [3.63, 3.8) is 0 Å². The zero-order valence-corrected chi connectivity index (χ0v) is 13.9. The van der Waals surface area contributed by atoms with E-state index in [9.17, 15) is 5.11 Å². The van der Waals surface area contributed by atoms with Crippen molar-refractivity contribution in [1.82, 2.24) is 10.6 Å². The first-order chi connectivity index (χ1) is 9.83. The van der Waals surface area contributed by atoms with Crippen LogP contribution in [0.5, 0.6) is 0 Å². The summed E-state index contributed by atoms with van der Waals surface area (Å²) < 4.78 is 0. The van der Waals surface area contributed by atoms with E-state index in [1.54, 1.807) is 0 Å². The first-order valence-electron chi connectivity index (χ1n) is 8.13. The molecule has 2 saturated heterocycles. The van der Waals surface area contributed by atoms with Gasteiger partial charge in [0.1, 0.15) is 0 Å². The molecule has 0 amide bonds. The number of hydrogen-bond acceptors (Lipinski definition) is 5. The highest BCUT2D eigenvalue weighted by atomic mass is 32.2. The Morgan fingerprint density at radius 1 is 1.00 bits per heavy atom. The predicted octanol–water partition coefficient (Wildman–Crippen LogP) is 1.56. The lowest BCUT2D eigenvalue weighted by Gasteiger charge is -2.44. The van der Waals surface area contributed by atoms with Crippen LogP contribution in [0.4, 0.5) is 0 Å². The Bertz CT molecular complexity index is 286. The van der Waals surface area contributed by atoms with Crippen LogP contribution < -0.4 is 10.6 Å². The molecule has 20 heavy (non-hydrogen) atoms. The van der Waals surface area contributed by atoms with Crippen LogP contribution in [0.25, 0.3) is 0 Å². The standard InChI is InChI=1S/C15H28N2OS2/c18-14-7-12(8-14)15(11-1-3-16-4-2-11)17-13-9-19-5-6-20-10-13/h11-18H,1-10H2/t12?,14?,15-/m0/s1. The first-order valence-corrected chi connectivity index (χ1v) is 10.4. The zero-order valence-electron chi connectivity index (χ0n) is 12.2. The van der Waals surface area contributed by atoms with Crippen LogP contribution in [-0.4, -0.2) is 59.4 Å². The molecule has 5 heteroatoms.